The van der Waals surface area contributed by atoms with Crippen LogP contribution in [0.25, 0.3) is 0 Å². The van der Waals surface area contributed by atoms with E-state index in [9.17, 15) is 0 Å². The van der Waals surface area contributed by atoms with Crippen molar-refractivity contribution in [2.45, 2.75) is 67.0 Å². The Hall–Kier alpha value is -0.0800. The predicted molar refractivity (Wildman–Crippen MR) is 76.4 cm³/mol. The van der Waals surface area contributed by atoms with Gasteiger partial charge in [0.25, 0.3) is 0 Å². The molecule has 1 heterocycles. The summed E-state index contributed by atoms with van der Waals surface area (Å²) >= 11 is 0. The zero-order valence-corrected chi connectivity index (χ0v) is 12.9. The third kappa shape index (κ3) is 4.59. The summed E-state index contributed by atoms with van der Waals surface area (Å²) in [5.41, 5.74) is 0.752. The topological polar surface area (TPSA) is 15.3 Å². The van der Waals surface area contributed by atoms with Crippen molar-refractivity contribution < 1.29 is 0 Å². The van der Waals surface area contributed by atoms with Crippen molar-refractivity contribution >= 4 is 0 Å². The molecule has 0 aromatic rings. The average molecular weight is 240 g/mol. The van der Waals surface area contributed by atoms with Crippen LogP contribution in [0.5, 0.6) is 0 Å². The fraction of sp³-hybridized carbons (Fsp3) is 1.00. The third-order valence-electron chi connectivity index (χ3n) is 3.73. The van der Waals surface area contributed by atoms with Crippen LogP contribution in [0.1, 0.15) is 54.9 Å². The Bertz CT molecular complexity index is 234. The molecule has 1 rings (SSSR count). The molecule has 0 aliphatic carbocycles. The van der Waals surface area contributed by atoms with E-state index in [1.807, 2.05) is 0 Å². The second kappa shape index (κ2) is 5.27. The van der Waals surface area contributed by atoms with Crippen LogP contribution in [0, 0.1) is 10.8 Å². The summed E-state index contributed by atoms with van der Waals surface area (Å²) in [5, 5.41) is 3.73. The lowest BCUT2D eigenvalue weighted by Crippen LogP contribution is -2.61. The van der Waals surface area contributed by atoms with Crippen molar-refractivity contribution in [2.24, 2.45) is 10.8 Å². The lowest BCUT2D eigenvalue weighted by atomic mass is 9.83. The van der Waals surface area contributed by atoms with Gasteiger partial charge in [-0.15, -0.1) is 0 Å². The fourth-order valence-electron chi connectivity index (χ4n) is 2.64. The van der Waals surface area contributed by atoms with Crippen LogP contribution in [-0.2, 0) is 0 Å². The Morgan fingerprint density at radius 3 is 2.12 bits per heavy atom. The first-order valence-electron chi connectivity index (χ1n) is 7.11. The van der Waals surface area contributed by atoms with Gasteiger partial charge in [-0.2, -0.15) is 0 Å². The van der Waals surface area contributed by atoms with E-state index in [4.69, 9.17) is 0 Å². The van der Waals surface area contributed by atoms with E-state index in [2.05, 4.69) is 58.7 Å². The van der Waals surface area contributed by atoms with Crippen molar-refractivity contribution in [3.05, 3.63) is 0 Å². The molecule has 0 amide bonds. The second-order valence-electron chi connectivity index (χ2n) is 7.88. The first-order chi connectivity index (χ1) is 7.63. The van der Waals surface area contributed by atoms with E-state index in [0.29, 0.717) is 22.9 Å². The molecule has 1 saturated heterocycles. The molecule has 1 aliphatic rings. The largest absolute Gasteiger partial charge is 0.311 e. The van der Waals surface area contributed by atoms with Gasteiger partial charge in [-0.3, -0.25) is 4.90 Å². The second-order valence-corrected chi connectivity index (χ2v) is 7.88. The van der Waals surface area contributed by atoms with Crippen molar-refractivity contribution in [2.75, 3.05) is 19.6 Å². The van der Waals surface area contributed by atoms with Crippen molar-refractivity contribution in [1.29, 1.82) is 0 Å². The highest BCUT2D eigenvalue weighted by Gasteiger charge is 2.34. The average Bonchev–Trinajstić information content (AvgIpc) is 2.13. The number of piperazine rings is 1. The van der Waals surface area contributed by atoms with Crippen LogP contribution in [0.15, 0.2) is 0 Å². The van der Waals surface area contributed by atoms with E-state index in [0.717, 1.165) is 6.54 Å². The minimum absolute atomic E-state index is 0.356. The maximum Gasteiger partial charge on any atom is 0.0244 e. The molecule has 0 radical (unpaired) electrons. The highest BCUT2D eigenvalue weighted by atomic mass is 15.2. The number of hydrogen-bond donors (Lipinski definition) is 1. The SMILES string of the molecule is CCC1CNC(C(C)(C)C)CN1CC(C)(C)C. The van der Waals surface area contributed by atoms with E-state index in [1.54, 1.807) is 0 Å². The molecule has 1 N–H and O–H groups in total. The zero-order chi connectivity index (χ0) is 13.3. The maximum atomic E-state index is 3.73. The molecule has 0 bridgehead atoms. The molecule has 2 unspecified atom stereocenters. The third-order valence-corrected chi connectivity index (χ3v) is 3.73. The van der Waals surface area contributed by atoms with E-state index in [-0.39, 0.29) is 0 Å². The summed E-state index contributed by atoms with van der Waals surface area (Å²) in [7, 11) is 0. The molecule has 2 heteroatoms. The monoisotopic (exact) mass is 240 g/mol. The molecular formula is C15H32N2. The highest BCUT2D eigenvalue weighted by molar-refractivity contribution is 4.92. The fourth-order valence-corrected chi connectivity index (χ4v) is 2.64. The predicted octanol–water partition coefficient (Wildman–Crippen LogP) is 3.13. The van der Waals surface area contributed by atoms with Gasteiger partial charge >= 0.3 is 0 Å². The van der Waals surface area contributed by atoms with Crippen LogP contribution in [0.4, 0.5) is 0 Å². The Morgan fingerprint density at radius 2 is 1.71 bits per heavy atom. The Morgan fingerprint density at radius 1 is 1.12 bits per heavy atom. The highest BCUT2D eigenvalue weighted by Crippen LogP contribution is 2.26. The van der Waals surface area contributed by atoms with Crippen molar-refractivity contribution in [1.82, 2.24) is 10.2 Å². The smallest absolute Gasteiger partial charge is 0.0244 e. The number of nitrogens with zero attached hydrogens (tertiary/aromatic N) is 1. The summed E-state index contributed by atoms with van der Waals surface area (Å²) in [4.78, 5) is 2.70. The lowest BCUT2D eigenvalue weighted by molar-refractivity contribution is 0.0568. The molecule has 0 aromatic carbocycles. The summed E-state index contributed by atoms with van der Waals surface area (Å²) in [6.45, 7) is 19.9. The first kappa shape index (κ1) is 15.0. The number of hydrogen-bond acceptors (Lipinski definition) is 2. The van der Waals surface area contributed by atoms with E-state index >= 15 is 0 Å². The molecular weight excluding hydrogens is 208 g/mol. The molecule has 2 nitrogen and oxygen atoms in total. The number of nitrogens with one attached hydrogen (secondary N) is 1. The van der Waals surface area contributed by atoms with Gasteiger partial charge < -0.3 is 5.32 Å². The van der Waals surface area contributed by atoms with Gasteiger partial charge in [-0.1, -0.05) is 48.5 Å². The Kier molecular flexibility index (Phi) is 4.65. The van der Waals surface area contributed by atoms with Gasteiger partial charge in [0.15, 0.2) is 0 Å². The summed E-state index contributed by atoms with van der Waals surface area (Å²) in [6.07, 6.45) is 1.25. The molecule has 0 saturated carbocycles. The Labute approximate surface area is 108 Å². The van der Waals surface area contributed by atoms with Crippen LogP contribution < -0.4 is 5.32 Å². The van der Waals surface area contributed by atoms with Crippen LogP contribution in [0.3, 0.4) is 0 Å². The van der Waals surface area contributed by atoms with E-state index < -0.39 is 0 Å². The molecule has 1 aliphatic heterocycles. The first-order valence-corrected chi connectivity index (χ1v) is 7.11. The molecule has 2 atom stereocenters. The van der Waals surface area contributed by atoms with Gasteiger partial charge in [0, 0.05) is 31.7 Å². The molecule has 17 heavy (non-hydrogen) atoms. The van der Waals surface area contributed by atoms with Gasteiger partial charge in [0.2, 0.25) is 0 Å². The molecule has 102 valence electrons. The van der Waals surface area contributed by atoms with Crippen LogP contribution in [0.2, 0.25) is 0 Å². The van der Waals surface area contributed by atoms with E-state index in [1.165, 1.54) is 19.5 Å². The van der Waals surface area contributed by atoms with Gasteiger partial charge in [-0.05, 0) is 17.3 Å². The molecule has 0 spiro atoms. The standard InChI is InChI=1S/C15H32N2/c1-8-12-9-16-13(15(5,6)7)10-17(12)11-14(2,3)4/h12-13,16H,8-11H2,1-7H3. The van der Waals surface area contributed by atoms with Crippen LogP contribution >= 0.6 is 0 Å². The van der Waals surface area contributed by atoms with Crippen LogP contribution in [-0.4, -0.2) is 36.6 Å². The zero-order valence-electron chi connectivity index (χ0n) is 12.9. The minimum atomic E-state index is 0.356. The summed E-state index contributed by atoms with van der Waals surface area (Å²) in [5.74, 6) is 0. The molecule has 0 aromatic heterocycles. The summed E-state index contributed by atoms with van der Waals surface area (Å²) in [6, 6.07) is 1.33. The summed E-state index contributed by atoms with van der Waals surface area (Å²) < 4.78 is 0. The minimum Gasteiger partial charge on any atom is -0.311 e. The van der Waals surface area contributed by atoms with Gasteiger partial charge in [0.05, 0.1) is 0 Å². The van der Waals surface area contributed by atoms with Crippen molar-refractivity contribution in [3.8, 4) is 0 Å². The normalized spacial score (nSPS) is 28.4. The molecule has 1 fully saturated rings. The quantitative estimate of drug-likeness (QED) is 0.798. The van der Waals surface area contributed by atoms with Gasteiger partial charge in [0.1, 0.15) is 0 Å². The number of rotatable bonds is 2. The maximum absolute atomic E-state index is 3.73. The lowest BCUT2D eigenvalue weighted by Gasteiger charge is -2.46. The van der Waals surface area contributed by atoms with Gasteiger partial charge in [-0.25, -0.2) is 0 Å². The van der Waals surface area contributed by atoms with Crippen molar-refractivity contribution in [3.63, 3.8) is 0 Å². The Balaban J connectivity index is 2.69.